The van der Waals surface area contributed by atoms with Gasteiger partial charge in [-0.25, -0.2) is 4.98 Å². The number of hydrogen-bond acceptors (Lipinski definition) is 3. The first-order valence-corrected chi connectivity index (χ1v) is 5.94. The number of hydrogen-bond donors (Lipinski definition) is 1. The zero-order chi connectivity index (χ0) is 10.8. The van der Waals surface area contributed by atoms with Gasteiger partial charge < -0.3 is 5.11 Å². The van der Waals surface area contributed by atoms with E-state index in [0.29, 0.717) is 9.51 Å². The molecule has 2 radical (unpaired) electrons. The van der Waals surface area contributed by atoms with Crippen molar-refractivity contribution in [3.63, 3.8) is 0 Å². The number of benzene rings is 1. The van der Waals surface area contributed by atoms with E-state index in [2.05, 4.69) is 20.9 Å². The third-order valence-corrected chi connectivity index (χ3v) is 3.79. The largest absolute Gasteiger partial charge is 0.383 e. The molecule has 1 heterocycles. The Kier molecular flexibility index (Phi) is 3.24. The summed E-state index contributed by atoms with van der Waals surface area (Å²) in [4.78, 5) is 5.20. The lowest BCUT2D eigenvalue weighted by Crippen LogP contribution is -1.97. The molecule has 1 aromatic heterocycles. The molecule has 0 aliphatic rings. The first-order chi connectivity index (χ1) is 7.18. The summed E-state index contributed by atoms with van der Waals surface area (Å²) in [6.45, 7) is 0. The third-order valence-electron chi connectivity index (χ3n) is 1.99. The fourth-order valence-electron chi connectivity index (χ4n) is 1.28. The van der Waals surface area contributed by atoms with E-state index in [1.54, 1.807) is 0 Å². The van der Waals surface area contributed by atoms with Crippen LogP contribution in [-0.2, 0) is 0 Å². The Balaban J connectivity index is 2.36. The Bertz CT molecular complexity index is 460. The molecule has 1 aromatic carbocycles. The summed E-state index contributed by atoms with van der Waals surface area (Å²) in [7, 11) is 5.56. The van der Waals surface area contributed by atoms with Gasteiger partial charge in [0.1, 0.15) is 10.7 Å². The van der Waals surface area contributed by atoms with Crippen LogP contribution in [-0.4, -0.2) is 17.9 Å². The Morgan fingerprint density at radius 1 is 1.33 bits per heavy atom. The molecule has 0 saturated heterocycles. The maximum atomic E-state index is 10.1. The van der Waals surface area contributed by atoms with Crippen molar-refractivity contribution < 1.29 is 5.11 Å². The van der Waals surface area contributed by atoms with Crippen LogP contribution in [0, 0.1) is 0 Å². The Morgan fingerprint density at radius 3 is 2.53 bits per heavy atom. The lowest BCUT2D eigenvalue weighted by Gasteiger charge is -2.08. The summed E-state index contributed by atoms with van der Waals surface area (Å²) >= 11 is 4.56. The maximum absolute atomic E-state index is 10.1. The summed E-state index contributed by atoms with van der Waals surface area (Å²) in [5, 5.41) is 10.1. The number of aliphatic hydroxyl groups excluding tert-OH is 1. The predicted molar refractivity (Wildman–Crippen MR) is 65.7 cm³/mol. The summed E-state index contributed by atoms with van der Waals surface area (Å²) < 4.78 is 0.612. The van der Waals surface area contributed by atoms with Crippen molar-refractivity contribution in [1.29, 1.82) is 0 Å². The van der Waals surface area contributed by atoms with E-state index >= 15 is 0 Å². The van der Waals surface area contributed by atoms with Crippen molar-refractivity contribution in [2.75, 3.05) is 0 Å². The molecule has 0 aliphatic carbocycles. The second kappa shape index (κ2) is 4.47. The maximum Gasteiger partial charge on any atom is 0.157 e. The minimum absolute atomic E-state index is 0.451. The van der Waals surface area contributed by atoms with E-state index in [1.165, 1.54) is 11.3 Å². The van der Waals surface area contributed by atoms with Crippen LogP contribution < -0.4 is 4.91 Å². The molecular weight excluding hydrogens is 273 g/mol. The fourth-order valence-corrected chi connectivity index (χ4v) is 2.79. The predicted octanol–water partition coefficient (Wildman–Crippen LogP) is 1.78. The summed E-state index contributed by atoms with van der Waals surface area (Å²) in [6.07, 6.45) is -0.671. The van der Waals surface area contributed by atoms with Gasteiger partial charge in [-0.2, -0.15) is 0 Å². The monoisotopic (exact) mass is 279 g/mol. The number of aliphatic hydroxyl groups is 1. The quantitative estimate of drug-likeness (QED) is 0.851. The number of rotatable bonds is 2. The van der Waals surface area contributed by atoms with Gasteiger partial charge in [0, 0.05) is 4.91 Å². The molecule has 2 rings (SSSR count). The van der Waals surface area contributed by atoms with Crippen LogP contribution in [0.4, 0.5) is 0 Å². The van der Waals surface area contributed by atoms with Crippen molar-refractivity contribution in [2.45, 2.75) is 6.10 Å². The summed E-state index contributed by atoms with van der Waals surface area (Å²) in [6, 6.07) is 9.42. The highest BCUT2D eigenvalue weighted by molar-refractivity contribution is 9.10. The number of nitrogens with zero attached hydrogens (tertiary/aromatic N) is 1. The van der Waals surface area contributed by atoms with Crippen LogP contribution in [0.15, 0.2) is 34.9 Å². The molecule has 2 aromatic rings. The van der Waals surface area contributed by atoms with Gasteiger partial charge in [-0.05, 0) is 21.5 Å². The zero-order valence-corrected chi connectivity index (χ0v) is 10.1. The van der Waals surface area contributed by atoms with Crippen molar-refractivity contribution in [1.82, 2.24) is 4.98 Å². The lowest BCUT2D eigenvalue weighted by molar-refractivity contribution is 0.223. The molecule has 0 fully saturated rings. The summed E-state index contributed by atoms with van der Waals surface area (Å²) in [5.41, 5.74) is 0.835. The minimum Gasteiger partial charge on any atom is -0.383 e. The molecule has 0 saturated carbocycles. The fraction of sp³-hybridized carbons (Fsp3) is 0.100. The van der Waals surface area contributed by atoms with E-state index < -0.39 is 6.10 Å². The molecule has 1 atom stereocenters. The Labute approximate surface area is 102 Å². The molecule has 0 aliphatic heterocycles. The van der Waals surface area contributed by atoms with Crippen molar-refractivity contribution in [3.05, 3.63) is 45.4 Å². The normalized spacial score (nSPS) is 12.7. The standard InChI is InChI=1S/C10H7BBrNOS/c11-10-13-9(12)8(15-10)7(14)6-4-2-1-3-5-6/h1-5,7,14H. The topological polar surface area (TPSA) is 33.1 Å². The van der Waals surface area contributed by atoms with Gasteiger partial charge in [0.25, 0.3) is 0 Å². The average molecular weight is 280 g/mol. The lowest BCUT2D eigenvalue weighted by atomic mass is 10.1. The van der Waals surface area contributed by atoms with E-state index in [4.69, 9.17) is 7.85 Å². The van der Waals surface area contributed by atoms with Crippen molar-refractivity contribution in [2.24, 2.45) is 0 Å². The number of aromatic nitrogens is 1. The first kappa shape index (κ1) is 10.9. The molecule has 1 N–H and O–H groups in total. The van der Waals surface area contributed by atoms with Gasteiger partial charge >= 0.3 is 0 Å². The van der Waals surface area contributed by atoms with Gasteiger partial charge in [-0.15, -0.1) is 11.3 Å². The molecule has 74 valence electrons. The Morgan fingerprint density at radius 2 is 2.00 bits per heavy atom. The average Bonchev–Trinajstić information content (AvgIpc) is 2.58. The molecule has 2 nitrogen and oxygen atoms in total. The second-order valence-corrected chi connectivity index (χ2v) is 4.83. The van der Waals surface area contributed by atoms with Crippen LogP contribution in [0.5, 0.6) is 0 Å². The molecule has 0 amide bonds. The third kappa shape index (κ3) is 2.30. The van der Waals surface area contributed by atoms with Crippen LogP contribution in [0.3, 0.4) is 0 Å². The highest BCUT2D eigenvalue weighted by Gasteiger charge is 2.16. The van der Waals surface area contributed by atoms with Crippen LogP contribution in [0.25, 0.3) is 0 Å². The van der Waals surface area contributed by atoms with Gasteiger partial charge in [0.05, 0.1) is 4.88 Å². The molecule has 5 heteroatoms. The van der Waals surface area contributed by atoms with E-state index in [-0.39, 0.29) is 0 Å². The zero-order valence-electron chi connectivity index (χ0n) is 7.72. The molecular formula is C10H7BBrNOS. The minimum atomic E-state index is -0.671. The molecule has 0 bridgehead atoms. The van der Waals surface area contributed by atoms with Gasteiger partial charge in [-0.1, -0.05) is 30.3 Å². The second-order valence-electron chi connectivity index (χ2n) is 3.02. The van der Waals surface area contributed by atoms with Crippen LogP contribution in [0.2, 0.25) is 0 Å². The first-order valence-electron chi connectivity index (χ1n) is 4.33. The van der Waals surface area contributed by atoms with E-state index in [1.807, 2.05) is 30.3 Å². The van der Waals surface area contributed by atoms with Gasteiger partial charge in [0.2, 0.25) is 0 Å². The highest BCUT2D eigenvalue weighted by atomic mass is 79.9. The number of thiazole rings is 1. The molecule has 1 unspecified atom stereocenters. The van der Waals surface area contributed by atoms with Crippen molar-refractivity contribution >= 4 is 40.0 Å². The van der Waals surface area contributed by atoms with E-state index in [0.717, 1.165) is 10.4 Å². The smallest absolute Gasteiger partial charge is 0.157 e. The Hall–Kier alpha value is -0.645. The number of halogens is 1. The molecule has 15 heavy (non-hydrogen) atoms. The van der Waals surface area contributed by atoms with Crippen LogP contribution >= 0.6 is 27.3 Å². The van der Waals surface area contributed by atoms with Gasteiger partial charge in [-0.3, -0.25) is 0 Å². The van der Waals surface area contributed by atoms with Gasteiger partial charge in [0.15, 0.2) is 7.85 Å². The SMILES string of the molecule is [B]c1nc(Br)c(C(O)c2ccccc2)s1. The van der Waals surface area contributed by atoms with Crippen molar-refractivity contribution in [3.8, 4) is 0 Å². The summed E-state index contributed by atoms with van der Waals surface area (Å²) in [5.74, 6) is 0. The van der Waals surface area contributed by atoms with Crippen LogP contribution in [0.1, 0.15) is 16.5 Å². The van der Waals surface area contributed by atoms with E-state index in [9.17, 15) is 5.11 Å². The molecule has 0 spiro atoms. The highest BCUT2D eigenvalue weighted by Crippen LogP contribution is 2.29.